The monoisotopic (exact) mass is 537 g/mol. The zero-order chi connectivity index (χ0) is 20.5. The average molecular weight is 538 g/mol. The van der Waals surface area contributed by atoms with Crippen molar-refractivity contribution in [3.63, 3.8) is 0 Å². The highest BCUT2D eigenvalue weighted by Crippen LogP contribution is 2.26. The molecular weight excluding hydrogens is 524 g/mol. The topological polar surface area (TPSA) is 72.7 Å². The SMILES string of the molecule is C[C@@H](Nc1nc(Cl)ncc1I)c1nc2cccc(Cl)c2c(=O)n1-c1ccccc1. The summed E-state index contributed by atoms with van der Waals surface area (Å²) in [5.41, 5.74) is 1.01. The summed E-state index contributed by atoms with van der Waals surface area (Å²) >= 11 is 14.4. The minimum Gasteiger partial charge on any atom is -0.359 e. The van der Waals surface area contributed by atoms with Crippen molar-refractivity contribution >= 4 is 62.5 Å². The Labute approximate surface area is 190 Å². The average Bonchev–Trinajstić information content (AvgIpc) is 2.71. The lowest BCUT2D eigenvalue weighted by Gasteiger charge is -2.20. The van der Waals surface area contributed by atoms with Gasteiger partial charge in [-0.25, -0.2) is 9.97 Å². The predicted molar refractivity (Wildman–Crippen MR) is 124 cm³/mol. The van der Waals surface area contributed by atoms with Crippen LogP contribution < -0.4 is 10.9 Å². The van der Waals surface area contributed by atoms with Crippen LogP contribution in [0.2, 0.25) is 10.3 Å². The Morgan fingerprint density at radius 1 is 1.07 bits per heavy atom. The number of benzene rings is 2. The summed E-state index contributed by atoms with van der Waals surface area (Å²) in [4.78, 5) is 26.4. The zero-order valence-electron chi connectivity index (χ0n) is 15.1. The molecule has 4 rings (SSSR count). The third kappa shape index (κ3) is 3.94. The first-order valence-corrected chi connectivity index (χ1v) is 10.5. The molecule has 2 aromatic heterocycles. The van der Waals surface area contributed by atoms with Crippen molar-refractivity contribution in [2.24, 2.45) is 0 Å². The zero-order valence-corrected chi connectivity index (χ0v) is 18.8. The molecule has 0 unspecified atom stereocenters. The summed E-state index contributed by atoms with van der Waals surface area (Å²) in [7, 11) is 0. The first-order chi connectivity index (χ1) is 14.0. The first-order valence-electron chi connectivity index (χ1n) is 8.67. The number of hydrogen-bond acceptors (Lipinski definition) is 5. The number of nitrogens with zero attached hydrogens (tertiary/aromatic N) is 4. The van der Waals surface area contributed by atoms with Crippen molar-refractivity contribution < 1.29 is 0 Å². The molecule has 0 fully saturated rings. The van der Waals surface area contributed by atoms with Crippen LogP contribution in [0.15, 0.2) is 59.5 Å². The molecule has 0 saturated carbocycles. The molecule has 2 aromatic carbocycles. The first kappa shape index (κ1) is 20.1. The molecular formula is C20H14Cl2IN5O. The van der Waals surface area contributed by atoms with Gasteiger partial charge in [0.05, 0.1) is 31.2 Å². The minimum atomic E-state index is -0.356. The number of para-hydroxylation sites is 1. The van der Waals surface area contributed by atoms with Crippen molar-refractivity contribution in [2.75, 3.05) is 5.32 Å². The van der Waals surface area contributed by atoms with Crippen LogP contribution in [0.1, 0.15) is 18.8 Å². The van der Waals surface area contributed by atoms with E-state index in [2.05, 4.69) is 37.9 Å². The molecule has 2 heterocycles. The van der Waals surface area contributed by atoms with Crippen molar-refractivity contribution in [1.29, 1.82) is 0 Å². The molecule has 0 bridgehead atoms. The number of fused-ring (bicyclic) bond motifs is 1. The van der Waals surface area contributed by atoms with Gasteiger partial charge in [0.15, 0.2) is 0 Å². The van der Waals surface area contributed by atoms with Gasteiger partial charge in [-0.05, 0) is 65.4 Å². The Balaban J connectivity index is 1.93. The highest BCUT2D eigenvalue weighted by atomic mass is 127. The van der Waals surface area contributed by atoms with E-state index >= 15 is 0 Å². The van der Waals surface area contributed by atoms with Gasteiger partial charge in [0.2, 0.25) is 5.28 Å². The van der Waals surface area contributed by atoms with E-state index in [9.17, 15) is 4.79 Å². The van der Waals surface area contributed by atoms with Gasteiger partial charge in [-0.1, -0.05) is 35.9 Å². The van der Waals surface area contributed by atoms with Crippen molar-refractivity contribution in [3.8, 4) is 5.69 Å². The predicted octanol–water partition coefficient (Wildman–Crippen LogP) is 5.26. The molecule has 0 aliphatic rings. The standard InChI is InChI=1S/C20H14Cl2IN5O/c1-11(25-17-14(23)10-24-20(22)27-17)18-26-15-9-5-8-13(21)16(15)19(29)28(18)12-6-3-2-4-7-12/h2-11H,1H3,(H,24,25,27)/t11-/m1/s1. The van der Waals surface area contributed by atoms with E-state index in [1.165, 1.54) is 0 Å². The van der Waals surface area contributed by atoms with Crippen LogP contribution in [0.4, 0.5) is 5.82 Å². The van der Waals surface area contributed by atoms with Crippen LogP contribution >= 0.6 is 45.8 Å². The molecule has 6 nitrogen and oxygen atoms in total. The molecule has 0 aliphatic carbocycles. The molecule has 0 amide bonds. The van der Waals surface area contributed by atoms with E-state index in [-0.39, 0.29) is 16.9 Å². The minimum absolute atomic E-state index is 0.138. The van der Waals surface area contributed by atoms with Crippen LogP contribution in [0.5, 0.6) is 0 Å². The van der Waals surface area contributed by atoms with Crippen molar-refractivity contribution in [2.45, 2.75) is 13.0 Å². The second-order valence-corrected chi connectivity index (χ2v) is 8.19. The summed E-state index contributed by atoms with van der Waals surface area (Å²) in [5, 5.41) is 4.18. The molecule has 1 N–H and O–H groups in total. The maximum Gasteiger partial charge on any atom is 0.267 e. The quantitative estimate of drug-likeness (QED) is 0.284. The third-order valence-electron chi connectivity index (χ3n) is 4.34. The summed E-state index contributed by atoms with van der Waals surface area (Å²) in [6.45, 7) is 1.91. The van der Waals surface area contributed by atoms with Gasteiger partial charge in [0.25, 0.3) is 5.56 Å². The van der Waals surface area contributed by atoms with E-state index in [0.29, 0.717) is 33.3 Å². The van der Waals surface area contributed by atoms with Crippen LogP contribution in [0, 0.1) is 3.57 Å². The van der Waals surface area contributed by atoms with Gasteiger partial charge in [-0.3, -0.25) is 9.36 Å². The fourth-order valence-electron chi connectivity index (χ4n) is 3.04. The summed E-state index contributed by atoms with van der Waals surface area (Å²) in [5.74, 6) is 1.10. The van der Waals surface area contributed by atoms with E-state index in [1.54, 1.807) is 29.0 Å². The Bertz CT molecular complexity index is 1260. The fraction of sp³-hybridized carbons (Fsp3) is 0.100. The van der Waals surface area contributed by atoms with Crippen LogP contribution in [-0.4, -0.2) is 19.5 Å². The Morgan fingerprint density at radius 2 is 1.83 bits per heavy atom. The van der Waals surface area contributed by atoms with Crippen LogP contribution in [0.3, 0.4) is 0 Å². The van der Waals surface area contributed by atoms with Crippen molar-refractivity contribution in [1.82, 2.24) is 19.5 Å². The van der Waals surface area contributed by atoms with Gasteiger partial charge in [-0.2, -0.15) is 4.98 Å². The van der Waals surface area contributed by atoms with Crippen LogP contribution in [-0.2, 0) is 0 Å². The number of aromatic nitrogens is 4. The Kier molecular flexibility index (Phi) is 5.71. The lowest BCUT2D eigenvalue weighted by atomic mass is 10.2. The summed E-state index contributed by atoms with van der Waals surface area (Å²) < 4.78 is 2.37. The van der Waals surface area contributed by atoms with E-state index in [0.717, 1.165) is 3.57 Å². The van der Waals surface area contributed by atoms with E-state index in [4.69, 9.17) is 28.2 Å². The largest absolute Gasteiger partial charge is 0.359 e. The maximum atomic E-state index is 13.4. The normalized spacial score (nSPS) is 12.1. The smallest absolute Gasteiger partial charge is 0.267 e. The van der Waals surface area contributed by atoms with Gasteiger partial charge in [-0.15, -0.1) is 0 Å². The Hall–Kier alpha value is -2.23. The van der Waals surface area contributed by atoms with E-state index < -0.39 is 0 Å². The van der Waals surface area contributed by atoms with Crippen LogP contribution in [0.25, 0.3) is 16.6 Å². The second-order valence-electron chi connectivity index (χ2n) is 6.28. The van der Waals surface area contributed by atoms with Gasteiger partial charge in [0, 0.05) is 6.20 Å². The van der Waals surface area contributed by atoms with Gasteiger partial charge >= 0.3 is 0 Å². The molecule has 9 heteroatoms. The summed E-state index contributed by atoms with van der Waals surface area (Å²) in [6.07, 6.45) is 1.63. The third-order valence-corrected chi connectivity index (χ3v) is 5.63. The Morgan fingerprint density at radius 3 is 2.59 bits per heavy atom. The number of nitrogens with one attached hydrogen (secondary N) is 1. The van der Waals surface area contributed by atoms with Crippen molar-refractivity contribution in [3.05, 3.63) is 84.8 Å². The molecule has 0 saturated heterocycles. The fourth-order valence-corrected chi connectivity index (χ4v) is 3.84. The number of halogens is 3. The molecule has 0 radical (unpaired) electrons. The summed E-state index contributed by atoms with van der Waals surface area (Å²) in [6, 6.07) is 14.2. The number of rotatable bonds is 4. The number of anilines is 1. The number of hydrogen-bond donors (Lipinski definition) is 1. The lowest BCUT2D eigenvalue weighted by molar-refractivity contribution is 0.730. The van der Waals surface area contributed by atoms with Gasteiger partial charge < -0.3 is 5.32 Å². The molecule has 0 aliphatic heterocycles. The highest BCUT2D eigenvalue weighted by Gasteiger charge is 2.20. The van der Waals surface area contributed by atoms with Gasteiger partial charge in [0.1, 0.15) is 11.6 Å². The molecule has 4 aromatic rings. The highest BCUT2D eigenvalue weighted by molar-refractivity contribution is 14.1. The second kappa shape index (κ2) is 8.25. The molecule has 29 heavy (non-hydrogen) atoms. The molecule has 1 atom stereocenters. The molecule has 146 valence electrons. The maximum absolute atomic E-state index is 13.4. The lowest BCUT2D eigenvalue weighted by Crippen LogP contribution is -2.27. The molecule has 0 spiro atoms. The van der Waals surface area contributed by atoms with E-state index in [1.807, 2.05) is 37.3 Å².